The quantitative estimate of drug-likeness (QED) is 0.818. The number of halogens is 3. The van der Waals surface area contributed by atoms with Crippen molar-refractivity contribution in [1.82, 2.24) is 4.98 Å². The Morgan fingerprint density at radius 3 is 2.71 bits per heavy atom. The number of rotatable bonds is 2. The van der Waals surface area contributed by atoms with E-state index in [0.29, 0.717) is 15.4 Å². The van der Waals surface area contributed by atoms with Crippen molar-refractivity contribution < 1.29 is 9.84 Å². The van der Waals surface area contributed by atoms with Gasteiger partial charge in [0, 0.05) is 21.8 Å². The van der Waals surface area contributed by atoms with Gasteiger partial charge < -0.3 is 9.84 Å². The number of hydrogen-bond donors (Lipinski definition) is 1. The van der Waals surface area contributed by atoms with Crippen LogP contribution in [0.1, 0.15) is 0 Å². The van der Waals surface area contributed by atoms with Crippen molar-refractivity contribution in [1.29, 1.82) is 0 Å². The number of benzene rings is 1. The molecule has 1 aromatic heterocycles. The highest BCUT2D eigenvalue weighted by molar-refractivity contribution is 9.11. The predicted octanol–water partition coefficient (Wildman–Crippen LogP) is 4.76. The van der Waals surface area contributed by atoms with Gasteiger partial charge >= 0.3 is 0 Å². The van der Waals surface area contributed by atoms with Crippen molar-refractivity contribution in [3.63, 3.8) is 0 Å². The second kappa shape index (κ2) is 5.25. The maximum atomic E-state index is 9.61. The fraction of sp³-hybridized carbons (Fsp3) is 0. The zero-order valence-corrected chi connectivity index (χ0v) is 12.3. The molecular formula is C11H6Br2ClNO2. The molecule has 0 aliphatic heterocycles. The molecule has 0 fully saturated rings. The van der Waals surface area contributed by atoms with E-state index in [4.69, 9.17) is 16.3 Å². The summed E-state index contributed by atoms with van der Waals surface area (Å²) < 4.78 is 6.96. The first-order chi connectivity index (χ1) is 8.06. The van der Waals surface area contributed by atoms with Crippen molar-refractivity contribution in [3.8, 4) is 17.4 Å². The van der Waals surface area contributed by atoms with Crippen LogP contribution in [0, 0.1) is 0 Å². The minimum absolute atomic E-state index is 0.00557. The first kappa shape index (κ1) is 12.7. The lowest BCUT2D eigenvalue weighted by atomic mass is 10.3. The van der Waals surface area contributed by atoms with Crippen molar-refractivity contribution >= 4 is 43.5 Å². The van der Waals surface area contributed by atoms with Crippen LogP contribution in [0.2, 0.25) is 5.02 Å². The SMILES string of the molecule is Oc1ccc(Cl)cc1Oc1ncc(Br)cc1Br. The number of pyridine rings is 1. The number of phenolic OH excluding ortho intramolecular Hbond substituents is 1. The average Bonchev–Trinajstić information content (AvgIpc) is 2.27. The lowest BCUT2D eigenvalue weighted by Crippen LogP contribution is -1.89. The molecule has 1 aromatic carbocycles. The van der Waals surface area contributed by atoms with Crippen LogP contribution >= 0.6 is 43.5 Å². The molecule has 3 nitrogen and oxygen atoms in total. The molecule has 1 N–H and O–H groups in total. The number of hydrogen-bond acceptors (Lipinski definition) is 3. The molecule has 0 aliphatic carbocycles. The van der Waals surface area contributed by atoms with Crippen LogP contribution in [0.5, 0.6) is 17.4 Å². The number of aromatic hydroxyl groups is 1. The monoisotopic (exact) mass is 377 g/mol. The number of aromatic nitrogens is 1. The zero-order chi connectivity index (χ0) is 12.4. The van der Waals surface area contributed by atoms with Crippen LogP contribution < -0.4 is 4.74 Å². The summed E-state index contributed by atoms with van der Waals surface area (Å²) in [5.74, 6) is 0.616. The first-order valence-electron chi connectivity index (χ1n) is 4.53. The topological polar surface area (TPSA) is 42.4 Å². The van der Waals surface area contributed by atoms with Gasteiger partial charge in [0.2, 0.25) is 5.88 Å². The molecule has 0 amide bonds. The van der Waals surface area contributed by atoms with Crippen molar-refractivity contribution in [3.05, 3.63) is 44.4 Å². The second-order valence-corrected chi connectivity index (χ2v) is 5.36. The van der Waals surface area contributed by atoms with Gasteiger partial charge in [0.15, 0.2) is 11.5 Å². The maximum absolute atomic E-state index is 9.61. The number of ether oxygens (including phenoxy) is 1. The Bertz CT molecular complexity index is 563. The summed E-state index contributed by atoms with van der Waals surface area (Å²) in [6, 6.07) is 6.36. The molecule has 2 aromatic rings. The van der Waals surface area contributed by atoms with Crippen molar-refractivity contribution in [2.75, 3.05) is 0 Å². The summed E-state index contributed by atoms with van der Waals surface area (Å²) in [5.41, 5.74) is 0. The van der Waals surface area contributed by atoms with E-state index in [9.17, 15) is 5.11 Å². The van der Waals surface area contributed by atoms with Crippen LogP contribution in [-0.2, 0) is 0 Å². The normalized spacial score (nSPS) is 10.3. The minimum atomic E-state index is 0.00557. The van der Waals surface area contributed by atoms with E-state index in [1.54, 1.807) is 18.3 Å². The third-order valence-electron chi connectivity index (χ3n) is 1.90. The van der Waals surface area contributed by atoms with E-state index in [1.807, 2.05) is 0 Å². The first-order valence-corrected chi connectivity index (χ1v) is 6.50. The molecule has 0 aliphatic rings. The molecule has 0 bridgehead atoms. The van der Waals surface area contributed by atoms with Gasteiger partial charge in [-0.05, 0) is 50.1 Å². The van der Waals surface area contributed by atoms with Gasteiger partial charge in [-0.1, -0.05) is 11.6 Å². The molecule has 0 saturated carbocycles. The van der Waals surface area contributed by atoms with E-state index in [-0.39, 0.29) is 11.5 Å². The molecule has 0 unspecified atom stereocenters. The van der Waals surface area contributed by atoms with Gasteiger partial charge in [-0.3, -0.25) is 0 Å². The Hall–Kier alpha value is -0.780. The largest absolute Gasteiger partial charge is 0.504 e. The van der Waals surface area contributed by atoms with Crippen molar-refractivity contribution in [2.45, 2.75) is 0 Å². The third-order valence-corrected chi connectivity index (χ3v) is 3.14. The Balaban J connectivity index is 2.34. The minimum Gasteiger partial charge on any atom is -0.504 e. The van der Waals surface area contributed by atoms with Gasteiger partial charge in [0.1, 0.15) is 0 Å². The Labute approximate surface area is 120 Å². The van der Waals surface area contributed by atoms with Gasteiger partial charge in [0.25, 0.3) is 0 Å². The van der Waals surface area contributed by atoms with Gasteiger partial charge in [-0.15, -0.1) is 0 Å². The highest BCUT2D eigenvalue weighted by Gasteiger charge is 2.09. The molecule has 1 heterocycles. The fourth-order valence-corrected chi connectivity index (χ4v) is 2.38. The molecular weight excluding hydrogens is 373 g/mol. The second-order valence-electron chi connectivity index (χ2n) is 3.15. The molecule has 88 valence electrons. The fourth-order valence-electron chi connectivity index (χ4n) is 1.15. The average molecular weight is 379 g/mol. The van der Waals surface area contributed by atoms with E-state index in [0.717, 1.165) is 4.47 Å². The maximum Gasteiger partial charge on any atom is 0.233 e. The Kier molecular flexibility index (Phi) is 3.91. The summed E-state index contributed by atoms with van der Waals surface area (Å²) >= 11 is 12.4. The molecule has 0 spiro atoms. The van der Waals surface area contributed by atoms with Crippen LogP contribution in [0.15, 0.2) is 39.4 Å². The van der Waals surface area contributed by atoms with Crippen LogP contribution in [-0.4, -0.2) is 10.1 Å². The number of nitrogens with zero attached hydrogens (tertiary/aromatic N) is 1. The summed E-state index contributed by atoms with van der Waals surface area (Å²) in [6.45, 7) is 0. The van der Waals surface area contributed by atoms with E-state index in [1.165, 1.54) is 12.1 Å². The lowest BCUT2D eigenvalue weighted by Gasteiger charge is -2.08. The summed E-state index contributed by atoms with van der Waals surface area (Å²) in [7, 11) is 0. The zero-order valence-electron chi connectivity index (χ0n) is 8.32. The summed E-state index contributed by atoms with van der Waals surface area (Å²) in [6.07, 6.45) is 1.60. The highest BCUT2D eigenvalue weighted by atomic mass is 79.9. The van der Waals surface area contributed by atoms with Gasteiger partial charge in [-0.25, -0.2) is 4.98 Å². The summed E-state index contributed by atoms with van der Waals surface area (Å²) in [4.78, 5) is 4.07. The lowest BCUT2D eigenvalue weighted by molar-refractivity contribution is 0.401. The molecule has 6 heteroatoms. The molecule has 0 atom stereocenters. The van der Waals surface area contributed by atoms with Gasteiger partial charge in [0.05, 0.1) is 4.47 Å². The third kappa shape index (κ3) is 3.12. The van der Waals surface area contributed by atoms with E-state index in [2.05, 4.69) is 36.8 Å². The van der Waals surface area contributed by atoms with Crippen molar-refractivity contribution in [2.24, 2.45) is 0 Å². The van der Waals surface area contributed by atoms with Crippen LogP contribution in [0.3, 0.4) is 0 Å². The van der Waals surface area contributed by atoms with Crippen LogP contribution in [0.4, 0.5) is 0 Å². The standard InChI is InChI=1S/C11H6Br2ClNO2/c12-6-3-8(13)11(15-5-6)17-10-4-7(14)1-2-9(10)16/h1-5,16H. The number of phenols is 1. The van der Waals surface area contributed by atoms with Gasteiger partial charge in [-0.2, -0.15) is 0 Å². The van der Waals surface area contributed by atoms with Crippen LogP contribution in [0.25, 0.3) is 0 Å². The summed E-state index contributed by atoms with van der Waals surface area (Å²) in [5, 5.41) is 10.1. The van der Waals surface area contributed by atoms with E-state index >= 15 is 0 Å². The highest BCUT2D eigenvalue weighted by Crippen LogP contribution is 2.35. The van der Waals surface area contributed by atoms with E-state index < -0.39 is 0 Å². The molecule has 2 rings (SSSR count). The Morgan fingerprint density at radius 2 is 2.00 bits per heavy atom. The Morgan fingerprint density at radius 1 is 1.24 bits per heavy atom. The molecule has 0 saturated heterocycles. The molecule has 17 heavy (non-hydrogen) atoms. The smallest absolute Gasteiger partial charge is 0.233 e. The molecule has 0 radical (unpaired) electrons. The predicted molar refractivity (Wildman–Crippen MR) is 72.8 cm³/mol.